The lowest BCUT2D eigenvalue weighted by atomic mass is 9.87. The van der Waals surface area contributed by atoms with Crippen molar-refractivity contribution >= 4 is 0 Å². The summed E-state index contributed by atoms with van der Waals surface area (Å²) in [5, 5.41) is 0. The third kappa shape index (κ3) is 1.35. The molecule has 76 valence electrons. The average Bonchev–Trinajstić information content (AvgIpc) is 2.07. The van der Waals surface area contributed by atoms with Crippen molar-refractivity contribution in [3.8, 4) is 0 Å². The van der Waals surface area contributed by atoms with E-state index in [9.17, 15) is 0 Å². The molecule has 2 rings (SSSR count). The first-order valence-corrected chi connectivity index (χ1v) is 4.88. The van der Waals surface area contributed by atoms with Crippen LogP contribution in [0.3, 0.4) is 0 Å². The van der Waals surface area contributed by atoms with Crippen LogP contribution in [0.15, 0.2) is 18.2 Å². The highest BCUT2D eigenvalue weighted by Gasteiger charge is 2.41. The number of benzene rings is 1. The normalized spacial score (nSPS) is 19.1. The number of rotatable bonds is 2. The standard InChI is InChI=1S/C12H16O2/c1-9-4-5-11(10(2)6-9)12(13-3)7-14-8-12/h4-6H,7-8H2,1-3H3. The second kappa shape index (κ2) is 3.37. The van der Waals surface area contributed by atoms with E-state index in [1.54, 1.807) is 7.11 Å². The lowest BCUT2D eigenvalue weighted by Gasteiger charge is -2.41. The molecule has 1 aromatic carbocycles. The maximum absolute atomic E-state index is 5.56. The van der Waals surface area contributed by atoms with E-state index in [0.29, 0.717) is 13.2 Å². The van der Waals surface area contributed by atoms with Crippen molar-refractivity contribution in [2.45, 2.75) is 19.4 Å². The van der Waals surface area contributed by atoms with Gasteiger partial charge in [-0.25, -0.2) is 0 Å². The summed E-state index contributed by atoms with van der Waals surface area (Å²) in [6.07, 6.45) is 0. The molecule has 0 aromatic heterocycles. The summed E-state index contributed by atoms with van der Waals surface area (Å²) >= 11 is 0. The minimum atomic E-state index is -0.183. The predicted molar refractivity (Wildman–Crippen MR) is 55.4 cm³/mol. The summed E-state index contributed by atoms with van der Waals surface area (Å²) in [5.41, 5.74) is 3.65. The van der Waals surface area contributed by atoms with Crippen molar-refractivity contribution in [2.75, 3.05) is 20.3 Å². The summed E-state index contributed by atoms with van der Waals surface area (Å²) in [4.78, 5) is 0. The van der Waals surface area contributed by atoms with Crippen LogP contribution in [-0.2, 0) is 15.1 Å². The molecular formula is C12H16O2. The molecule has 14 heavy (non-hydrogen) atoms. The van der Waals surface area contributed by atoms with Crippen LogP contribution < -0.4 is 0 Å². The highest BCUT2D eigenvalue weighted by Crippen LogP contribution is 2.35. The molecule has 0 radical (unpaired) electrons. The first-order chi connectivity index (χ1) is 6.68. The Morgan fingerprint density at radius 1 is 1.29 bits per heavy atom. The largest absolute Gasteiger partial charge is 0.375 e. The molecule has 1 heterocycles. The van der Waals surface area contributed by atoms with Crippen LogP contribution in [0.2, 0.25) is 0 Å². The maximum atomic E-state index is 5.56. The smallest absolute Gasteiger partial charge is 0.139 e. The molecule has 2 heteroatoms. The van der Waals surface area contributed by atoms with Crippen LogP contribution in [0.4, 0.5) is 0 Å². The fourth-order valence-corrected chi connectivity index (χ4v) is 2.00. The van der Waals surface area contributed by atoms with Gasteiger partial charge in [-0.15, -0.1) is 0 Å². The monoisotopic (exact) mass is 192 g/mol. The number of hydrogen-bond acceptors (Lipinski definition) is 2. The van der Waals surface area contributed by atoms with Crippen molar-refractivity contribution < 1.29 is 9.47 Å². The van der Waals surface area contributed by atoms with Gasteiger partial charge in [0.15, 0.2) is 0 Å². The fraction of sp³-hybridized carbons (Fsp3) is 0.500. The van der Waals surface area contributed by atoms with E-state index in [1.807, 2.05) is 0 Å². The van der Waals surface area contributed by atoms with Gasteiger partial charge in [0.1, 0.15) is 5.60 Å². The van der Waals surface area contributed by atoms with Gasteiger partial charge in [0.25, 0.3) is 0 Å². The highest BCUT2D eigenvalue weighted by molar-refractivity contribution is 5.36. The highest BCUT2D eigenvalue weighted by atomic mass is 16.6. The van der Waals surface area contributed by atoms with E-state index < -0.39 is 0 Å². The molecule has 0 atom stereocenters. The summed E-state index contributed by atoms with van der Waals surface area (Å²) in [7, 11) is 1.75. The molecule has 0 saturated carbocycles. The lowest BCUT2D eigenvalue weighted by Crippen LogP contribution is -2.48. The fourth-order valence-electron chi connectivity index (χ4n) is 2.00. The van der Waals surface area contributed by atoms with Gasteiger partial charge in [-0.2, -0.15) is 0 Å². The van der Waals surface area contributed by atoms with Crippen molar-refractivity contribution in [3.63, 3.8) is 0 Å². The minimum absolute atomic E-state index is 0.183. The van der Waals surface area contributed by atoms with Crippen LogP contribution in [0.1, 0.15) is 16.7 Å². The third-order valence-corrected chi connectivity index (χ3v) is 2.93. The Kier molecular flexibility index (Phi) is 2.33. The Balaban J connectivity index is 2.40. The van der Waals surface area contributed by atoms with Crippen molar-refractivity contribution in [1.29, 1.82) is 0 Å². The molecule has 0 N–H and O–H groups in total. The molecule has 0 unspecified atom stereocenters. The Hall–Kier alpha value is -0.860. The molecule has 1 saturated heterocycles. The zero-order chi connectivity index (χ0) is 10.2. The van der Waals surface area contributed by atoms with Gasteiger partial charge < -0.3 is 9.47 Å². The van der Waals surface area contributed by atoms with Crippen LogP contribution in [0.25, 0.3) is 0 Å². The van der Waals surface area contributed by atoms with Gasteiger partial charge in [-0.3, -0.25) is 0 Å². The van der Waals surface area contributed by atoms with Crippen molar-refractivity contribution in [2.24, 2.45) is 0 Å². The molecule has 0 bridgehead atoms. The minimum Gasteiger partial charge on any atom is -0.375 e. The van der Waals surface area contributed by atoms with E-state index in [2.05, 4.69) is 32.0 Å². The number of aryl methyl sites for hydroxylation is 2. The Morgan fingerprint density at radius 3 is 2.43 bits per heavy atom. The molecule has 2 nitrogen and oxygen atoms in total. The Bertz CT molecular complexity index is 335. The summed E-state index contributed by atoms with van der Waals surface area (Å²) in [6, 6.07) is 6.46. The Labute approximate surface area is 84.8 Å². The molecule has 0 aliphatic carbocycles. The molecule has 1 aromatic rings. The third-order valence-electron chi connectivity index (χ3n) is 2.93. The summed E-state index contributed by atoms with van der Waals surface area (Å²) < 4.78 is 10.8. The number of hydrogen-bond donors (Lipinski definition) is 0. The molecule has 1 aliphatic heterocycles. The SMILES string of the molecule is COC1(c2ccc(C)cc2C)COC1. The predicted octanol–water partition coefficient (Wildman–Crippen LogP) is 2.18. The molecule has 0 spiro atoms. The molecule has 1 fully saturated rings. The van der Waals surface area contributed by atoms with E-state index in [1.165, 1.54) is 16.7 Å². The quantitative estimate of drug-likeness (QED) is 0.715. The van der Waals surface area contributed by atoms with E-state index >= 15 is 0 Å². The summed E-state index contributed by atoms with van der Waals surface area (Å²) in [6.45, 7) is 5.58. The van der Waals surface area contributed by atoms with E-state index in [0.717, 1.165) is 0 Å². The Morgan fingerprint density at radius 2 is 2.00 bits per heavy atom. The number of methoxy groups -OCH3 is 1. The second-order valence-corrected chi connectivity index (χ2v) is 4.01. The molecular weight excluding hydrogens is 176 g/mol. The zero-order valence-electron chi connectivity index (χ0n) is 8.96. The van der Waals surface area contributed by atoms with Gasteiger partial charge in [0.2, 0.25) is 0 Å². The second-order valence-electron chi connectivity index (χ2n) is 4.01. The first-order valence-electron chi connectivity index (χ1n) is 4.88. The van der Waals surface area contributed by atoms with E-state index in [4.69, 9.17) is 9.47 Å². The lowest BCUT2D eigenvalue weighted by molar-refractivity contribution is -0.202. The zero-order valence-corrected chi connectivity index (χ0v) is 8.96. The van der Waals surface area contributed by atoms with Gasteiger partial charge in [-0.1, -0.05) is 23.8 Å². The number of ether oxygens (including phenoxy) is 2. The van der Waals surface area contributed by atoms with Gasteiger partial charge in [-0.05, 0) is 25.0 Å². The van der Waals surface area contributed by atoms with Crippen LogP contribution in [0, 0.1) is 13.8 Å². The van der Waals surface area contributed by atoms with Gasteiger partial charge in [0.05, 0.1) is 13.2 Å². The topological polar surface area (TPSA) is 18.5 Å². The molecule has 1 aliphatic rings. The van der Waals surface area contributed by atoms with Crippen molar-refractivity contribution in [1.82, 2.24) is 0 Å². The molecule has 0 amide bonds. The van der Waals surface area contributed by atoms with Crippen molar-refractivity contribution in [3.05, 3.63) is 34.9 Å². The van der Waals surface area contributed by atoms with Crippen LogP contribution >= 0.6 is 0 Å². The summed E-state index contributed by atoms with van der Waals surface area (Å²) in [5.74, 6) is 0. The first kappa shape index (κ1) is 9.69. The average molecular weight is 192 g/mol. The van der Waals surface area contributed by atoms with Crippen LogP contribution in [0.5, 0.6) is 0 Å². The van der Waals surface area contributed by atoms with Gasteiger partial charge in [0, 0.05) is 7.11 Å². The van der Waals surface area contributed by atoms with Crippen LogP contribution in [-0.4, -0.2) is 20.3 Å². The van der Waals surface area contributed by atoms with E-state index in [-0.39, 0.29) is 5.60 Å². The van der Waals surface area contributed by atoms with Gasteiger partial charge >= 0.3 is 0 Å². The maximum Gasteiger partial charge on any atom is 0.139 e.